The predicted molar refractivity (Wildman–Crippen MR) is 92.4 cm³/mol. The fourth-order valence-corrected chi connectivity index (χ4v) is 5.87. The van der Waals surface area contributed by atoms with Crippen molar-refractivity contribution >= 4 is 12.0 Å². The summed E-state index contributed by atoms with van der Waals surface area (Å²) in [5.74, 6) is 1.52. The summed E-state index contributed by atoms with van der Waals surface area (Å²) in [7, 11) is 0. The highest BCUT2D eigenvalue weighted by molar-refractivity contribution is 5.79. The van der Waals surface area contributed by atoms with Gasteiger partial charge in [0.25, 0.3) is 0 Å². The molecule has 0 aromatic carbocycles. The number of carbonyl (C=O) groups excluding carboxylic acids is 1. The molecule has 4 aliphatic rings. The molecule has 4 saturated carbocycles. The molecule has 0 aliphatic heterocycles. The van der Waals surface area contributed by atoms with Gasteiger partial charge < -0.3 is 15.7 Å². The molecular weight excluding hydrogens is 304 g/mol. The minimum atomic E-state index is -0.892. The molecule has 0 radical (unpaired) electrons. The fourth-order valence-electron chi connectivity index (χ4n) is 5.87. The zero-order valence-electron chi connectivity index (χ0n) is 14.5. The highest BCUT2D eigenvalue weighted by Gasteiger charge is 2.54. The van der Waals surface area contributed by atoms with Crippen molar-refractivity contribution in [3.05, 3.63) is 12.2 Å². The number of unbranched alkanes of at least 4 members (excludes halogenated alkanes) is 3. The van der Waals surface area contributed by atoms with Crippen LogP contribution in [0, 0.1) is 17.8 Å². The van der Waals surface area contributed by atoms with E-state index in [1.807, 2.05) is 4.90 Å². The molecule has 0 saturated heterocycles. The average Bonchev–Trinajstić information content (AvgIpc) is 2.47. The number of nitrogens with two attached hydrogens (primary N) is 1. The Morgan fingerprint density at radius 3 is 2.12 bits per heavy atom. The number of carboxylic acids is 1. The molecular formula is C19H30N2O3. The van der Waals surface area contributed by atoms with Gasteiger partial charge in [-0.25, -0.2) is 9.59 Å². The third-order valence-electron chi connectivity index (χ3n) is 6.36. The fraction of sp³-hybridized carbons (Fsp3) is 0.789. The largest absolute Gasteiger partial charge is 0.478 e. The number of carboxylic acid groups (broad SMARTS) is 1. The first kappa shape index (κ1) is 17.3. The zero-order chi connectivity index (χ0) is 17.2. The maximum absolute atomic E-state index is 12.1. The van der Waals surface area contributed by atoms with Crippen LogP contribution in [0.3, 0.4) is 0 Å². The summed E-state index contributed by atoms with van der Waals surface area (Å²) in [6.07, 6.45) is 14.1. The van der Waals surface area contributed by atoms with E-state index in [4.69, 9.17) is 10.8 Å². The van der Waals surface area contributed by atoms with E-state index in [1.54, 1.807) is 6.08 Å². The Morgan fingerprint density at radius 1 is 1.04 bits per heavy atom. The highest BCUT2D eigenvalue weighted by Crippen LogP contribution is 2.57. The lowest BCUT2D eigenvalue weighted by atomic mass is 9.52. The van der Waals surface area contributed by atoms with Gasteiger partial charge in [0.15, 0.2) is 0 Å². The average molecular weight is 334 g/mol. The van der Waals surface area contributed by atoms with Gasteiger partial charge in [-0.3, -0.25) is 0 Å². The van der Waals surface area contributed by atoms with E-state index in [0.29, 0.717) is 0 Å². The predicted octanol–water partition coefficient (Wildman–Crippen LogP) is 3.54. The second-order valence-electron chi connectivity index (χ2n) is 8.22. The van der Waals surface area contributed by atoms with Gasteiger partial charge >= 0.3 is 12.0 Å². The van der Waals surface area contributed by atoms with Gasteiger partial charge in [0.2, 0.25) is 0 Å². The summed E-state index contributed by atoms with van der Waals surface area (Å²) >= 11 is 0. The third-order valence-corrected chi connectivity index (χ3v) is 6.36. The standard InChI is InChI=1S/C19H30N2O3/c20-18(24)21(7-5-3-1-2-4-6-17(22)23)19-11-14-8-15(12-19)10-16(9-14)13-19/h4,6,14-16H,1-3,5,7-13H2,(H2,20,24)(H,22,23)/b6-4+. The van der Waals surface area contributed by atoms with Crippen LogP contribution in [-0.2, 0) is 4.79 Å². The first-order chi connectivity index (χ1) is 11.5. The highest BCUT2D eigenvalue weighted by atomic mass is 16.4. The van der Waals surface area contributed by atoms with Crippen molar-refractivity contribution < 1.29 is 14.7 Å². The Bertz CT molecular complexity index is 479. The second kappa shape index (κ2) is 7.16. The van der Waals surface area contributed by atoms with Gasteiger partial charge in [0.1, 0.15) is 0 Å². The number of urea groups is 1. The van der Waals surface area contributed by atoms with Gasteiger partial charge in [0.05, 0.1) is 0 Å². The minimum absolute atomic E-state index is 0.0454. The van der Waals surface area contributed by atoms with Crippen LogP contribution in [0.15, 0.2) is 12.2 Å². The molecule has 0 atom stereocenters. The van der Waals surface area contributed by atoms with Crippen LogP contribution in [0.5, 0.6) is 0 Å². The van der Waals surface area contributed by atoms with Crippen molar-refractivity contribution in [3.63, 3.8) is 0 Å². The Kier molecular flexibility index (Phi) is 5.16. The van der Waals surface area contributed by atoms with Gasteiger partial charge in [-0.05, 0) is 75.5 Å². The SMILES string of the molecule is NC(=O)N(CCCCC/C=C/C(=O)O)C12CC3CC(CC(C3)C1)C2. The lowest BCUT2D eigenvalue weighted by Gasteiger charge is -2.60. The molecule has 24 heavy (non-hydrogen) atoms. The topological polar surface area (TPSA) is 83.6 Å². The number of hydrogen-bond donors (Lipinski definition) is 2. The zero-order valence-corrected chi connectivity index (χ0v) is 14.5. The Balaban J connectivity index is 1.50. The van der Waals surface area contributed by atoms with Crippen molar-refractivity contribution in [2.75, 3.05) is 6.54 Å². The smallest absolute Gasteiger partial charge is 0.327 e. The first-order valence-electron chi connectivity index (χ1n) is 9.45. The number of nitrogens with zero attached hydrogens (tertiary/aromatic N) is 1. The van der Waals surface area contributed by atoms with E-state index in [2.05, 4.69) is 0 Å². The number of carbonyl (C=O) groups is 2. The number of rotatable bonds is 8. The lowest BCUT2D eigenvalue weighted by molar-refractivity contribution is -0.131. The van der Waals surface area contributed by atoms with E-state index >= 15 is 0 Å². The van der Waals surface area contributed by atoms with Gasteiger partial charge in [-0.2, -0.15) is 0 Å². The number of allylic oxidation sites excluding steroid dienone is 1. The molecule has 0 spiro atoms. The van der Waals surface area contributed by atoms with Crippen molar-refractivity contribution in [3.8, 4) is 0 Å². The molecule has 4 bridgehead atoms. The van der Waals surface area contributed by atoms with Gasteiger partial charge in [0, 0.05) is 18.2 Å². The van der Waals surface area contributed by atoms with Crippen molar-refractivity contribution in [1.82, 2.24) is 4.90 Å². The molecule has 4 fully saturated rings. The van der Waals surface area contributed by atoms with Crippen molar-refractivity contribution in [2.45, 2.75) is 69.7 Å². The van der Waals surface area contributed by atoms with Crippen molar-refractivity contribution in [2.24, 2.45) is 23.5 Å². The third kappa shape index (κ3) is 3.76. The lowest BCUT2D eigenvalue weighted by Crippen LogP contribution is -2.62. The normalized spacial score (nSPS) is 33.9. The van der Waals surface area contributed by atoms with Crippen LogP contribution in [-0.4, -0.2) is 34.1 Å². The van der Waals surface area contributed by atoms with Crippen molar-refractivity contribution in [1.29, 1.82) is 0 Å². The summed E-state index contributed by atoms with van der Waals surface area (Å²) in [6, 6.07) is -0.247. The molecule has 0 aromatic heterocycles. The number of primary amides is 1. The second-order valence-corrected chi connectivity index (χ2v) is 8.22. The number of hydrogen-bond acceptors (Lipinski definition) is 2. The maximum atomic E-state index is 12.1. The summed E-state index contributed by atoms with van der Waals surface area (Å²) < 4.78 is 0. The first-order valence-corrected chi connectivity index (χ1v) is 9.45. The quantitative estimate of drug-likeness (QED) is 0.526. The molecule has 134 valence electrons. The molecule has 0 aromatic rings. The van der Waals surface area contributed by atoms with Gasteiger partial charge in [-0.15, -0.1) is 0 Å². The summed E-state index contributed by atoms with van der Waals surface area (Å²) in [5, 5.41) is 8.56. The molecule has 0 unspecified atom stereocenters. The molecule has 2 amide bonds. The molecule has 0 heterocycles. The van der Waals surface area contributed by atoms with E-state index < -0.39 is 5.97 Å². The number of aliphatic carboxylic acids is 1. The molecule has 3 N–H and O–H groups in total. The summed E-state index contributed by atoms with van der Waals surface area (Å²) in [6.45, 7) is 0.754. The van der Waals surface area contributed by atoms with Crippen LogP contribution >= 0.6 is 0 Å². The Labute approximate surface area is 144 Å². The van der Waals surface area contributed by atoms with E-state index in [1.165, 1.54) is 25.3 Å². The van der Waals surface area contributed by atoms with E-state index in [9.17, 15) is 9.59 Å². The number of amides is 2. The van der Waals surface area contributed by atoms with E-state index in [-0.39, 0.29) is 11.6 Å². The monoisotopic (exact) mass is 334 g/mol. The van der Waals surface area contributed by atoms with Crippen LogP contribution in [0.2, 0.25) is 0 Å². The van der Waals surface area contributed by atoms with Crippen LogP contribution in [0.4, 0.5) is 4.79 Å². The van der Waals surface area contributed by atoms with Crippen LogP contribution in [0.1, 0.15) is 64.2 Å². The van der Waals surface area contributed by atoms with Gasteiger partial charge in [-0.1, -0.05) is 12.5 Å². The molecule has 5 heteroatoms. The summed E-state index contributed by atoms with van der Waals surface area (Å²) in [5.41, 5.74) is 5.81. The minimum Gasteiger partial charge on any atom is -0.478 e. The Morgan fingerprint density at radius 2 is 1.62 bits per heavy atom. The van der Waals surface area contributed by atoms with Crippen LogP contribution in [0.25, 0.3) is 0 Å². The molecule has 4 aliphatic carbocycles. The maximum Gasteiger partial charge on any atom is 0.327 e. The Hall–Kier alpha value is -1.52. The van der Waals surface area contributed by atoms with Crippen LogP contribution < -0.4 is 5.73 Å². The summed E-state index contributed by atoms with van der Waals surface area (Å²) in [4.78, 5) is 24.5. The molecule has 5 nitrogen and oxygen atoms in total. The van der Waals surface area contributed by atoms with E-state index in [0.717, 1.165) is 69.2 Å². The molecule has 4 rings (SSSR count).